The third-order valence-corrected chi connectivity index (χ3v) is 9.96. The third-order valence-electron chi connectivity index (χ3n) is 9.96. The van der Waals surface area contributed by atoms with Crippen molar-refractivity contribution in [1.82, 2.24) is 25.0 Å². The molecule has 0 saturated carbocycles. The minimum atomic E-state index is -0.184. The number of rotatable bonds is 14. The van der Waals surface area contributed by atoms with Crippen LogP contribution < -0.4 is 21.3 Å². The highest BCUT2D eigenvalue weighted by Gasteiger charge is 2.19. The molecule has 11 heteroatoms. The van der Waals surface area contributed by atoms with Crippen molar-refractivity contribution in [3.05, 3.63) is 106 Å². The summed E-state index contributed by atoms with van der Waals surface area (Å²) >= 11 is 0. The van der Waals surface area contributed by atoms with Crippen LogP contribution in [0.3, 0.4) is 0 Å². The molecule has 2 fully saturated rings. The number of hydrogen-bond acceptors (Lipinski definition) is 7. The van der Waals surface area contributed by atoms with E-state index < -0.39 is 0 Å². The number of para-hydroxylation sites is 1. The number of amides is 3. The first-order chi connectivity index (χ1) is 25.3. The summed E-state index contributed by atoms with van der Waals surface area (Å²) in [7, 11) is 2.15. The fourth-order valence-electron chi connectivity index (χ4n) is 6.97. The van der Waals surface area contributed by atoms with Gasteiger partial charge in [-0.3, -0.25) is 19.3 Å². The molecule has 3 heterocycles. The highest BCUT2D eigenvalue weighted by Crippen LogP contribution is 2.32. The first kappa shape index (κ1) is 36.6. The summed E-state index contributed by atoms with van der Waals surface area (Å²) in [5, 5.41) is 12.3. The van der Waals surface area contributed by atoms with Gasteiger partial charge in [-0.25, -0.2) is 0 Å². The Kier molecular flexibility index (Phi) is 12.2. The molecule has 3 amide bonds. The second-order valence-electron chi connectivity index (χ2n) is 13.8. The Balaban J connectivity index is 1.10. The van der Waals surface area contributed by atoms with Gasteiger partial charge in [0.05, 0.1) is 16.9 Å². The molecule has 0 atom stereocenters. The molecule has 11 nitrogen and oxygen atoms in total. The van der Waals surface area contributed by atoms with Crippen molar-refractivity contribution in [3.63, 3.8) is 0 Å². The van der Waals surface area contributed by atoms with Crippen molar-refractivity contribution in [3.8, 4) is 0 Å². The summed E-state index contributed by atoms with van der Waals surface area (Å²) in [5.74, 6) is -0.260. The summed E-state index contributed by atoms with van der Waals surface area (Å²) in [6, 6.07) is 21.0. The third kappa shape index (κ3) is 9.35. The summed E-state index contributed by atoms with van der Waals surface area (Å²) in [6.45, 7) is 12.7. The van der Waals surface area contributed by atoms with Crippen LogP contribution in [-0.4, -0.2) is 97.3 Å². The van der Waals surface area contributed by atoms with Gasteiger partial charge >= 0.3 is 0 Å². The van der Waals surface area contributed by atoms with E-state index in [0.717, 1.165) is 80.6 Å². The van der Waals surface area contributed by atoms with E-state index in [4.69, 9.17) is 0 Å². The summed E-state index contributed by atoms with van der Waals surface area (Å²) in [4.78, 5) is 48.5. The SMILES string of the molecule is Cc1[nH]c(/C=C/c2cccc(Nc3cccc(NC(=O)c4ccc(CN5CCN(C)CC5)cc4)c3)c2NC=O)c(C)c1C(=O)NCCN1CCCC1. The number of nitrogens with zero attached hydrogens (tertiary/aromatic N) is 3. The molecule has 0 spiro atoms. The molecule has 52 heavy (non-hydrogen) atoms. The molecule has 5 N–H and O–H groups in total. The molecule has 272 valence electrons. The van der Waals surface area contributed by atoms with Gasteiger partial charge in [0.2, 0.25) is 6.41 Å². The monoisotopic (exact) mass is 702 g/mol. The number of aromatic nitrogens is 1. The van der Waals surface area contributed by atoms with Crippen LogP contribution in [0.5, 0.6) is 0 Å². The fourth-order valence-corrected chi connectivity index (χ4v) is 6.97. The van der Waals surface area contributed by atoms with Gasteiger partial charge in [-0.15, -0.1) is 0 Å². The maximum Gasteiger partial charge on any atom is 0.255 e. The van der Waals surface area contributed by atoms with Crippen LogP contribution in [0.1, 0.15) is 61.6 Å². The van der Waals surface area contributed by atoms with Gasteiger partial charge in [0.25, 0.3) is 11.8 Å². The van der Waals surface area contributed by atoms with Gasteiger partial charge in [-0.1, -0.05) is 36.4 Å². The van der Waals surface area contributed by atoms with Crippen molar-refractivity contribution < 1.29 is 14.4 Å². The first-order valence-electron chi connectivity index (χ1n) is 18.2. The number of carbonyl (C=O) groups excluding carboxylic acids is 3. The van der Waals surface area contributed by atoms with Gasteiger partial charge in [0.1, 0.15) is 0 Å². The number of H-pyrrole nitrogens is 1. The van der Waals surface area contributed by atoms with Crippen molar-refractivity contribution in [2.75, 3.05) is 75.4 Å². The van der Waals surface area contributed by atoms with Crippen molar-refractivity contribution in [1.29, 1.82) is 0 Å². The molecule has 0 bridgehead atoms. The Bertz CT molecular complexity index is 1890. The number of aromatic amines is 1. The zero-order valence-corrected chi connectivity index (χ0v) is 30.4. The second-order valence-corrected chi connectivity index (χ2v) is 13.8. The second kappa shape index (κ2) is 17.3. The fraction of sp³-hybridized carbons (Fsp3) is 0.341. The lowest BCUT2D eigenvalue weighted by molar-refractivity contribution is -0.105. The molecular weight excluding hydrogens is 653 g/mol. The van der Waals surface area contributed by atoms with E-state index in [1.165, 1.54) is 18.4 Å². The van der Waals surface area contributed by atoms with Crippen LogP contribution in [-0.2, 0) is 11.3 Å². The number of likely N-dealkylation sites (N-methyl/N-ethyl adjacent to an activating group) is 1. The Hall–Kier alpha value is -5.23. The average molecular weight is 703 g/mol. The summed E-state index contributed by atoms with van der Waals surface area (Å²) < 4.78 is 0. The van der Waals surface area contributed by atoms with Crippen LogP contribution in [0, 0.1) is 13.8 Å². The normalized spacial score (nSPS) is 15.5. The smallest absolute Gasteiger partial charge is 0.255 e. The van der Waals surface area contributed by atoms with Gasteiger partial charge in [0.15, 0.2) is 0 Å². The predicted molar refractivity (Wildman–Crippen MR) is 210 cm³/mol. The Morgan fingerprint density at radius 3 is 2.31 bits per heavy atom. The van der Waals surface area contributed by atoms with Crippen LogP contribution in [0.4, 0.5) is 22.7 Å². The minimum Gasteiger partial charge on any atom is -0.358 e. The van der Waals surface area contributed by atoms with Crippen molar-refractivity contribution >= 4 is 53.1 Å². The molecule has 0 unspecified atom stereocenters. The van der Waals surface area contributed by atoms with E-state index in [1.807, 2.05) is 92.7 Å². The topological polar surface area (TPSA) is 125 Å². The van der Waals surface area contributed by atoms with Crippen LogP contribution >= 0.6 is 0 Å². The number of aryl methyl sites for hydroxylation is 1. The largest absolute Gasteiger partial charge is 0.358 e. The van der Waals surface area contributed by atoms with E-state index in [2.05, 4.69) is 48.0 Å². The lowest BCUT2D eigenvalue weighted by Gasteiger charge is -2.32. The quantitative estimate of drug-likeness (QED) is 0.103. The number of nitrogens with one attached hydrogen (secondary N) is 5. The Labute approximate surface area is 306 Å². The number of anilines is 4. The number of piperazine rings is 1. The molecule has 6 rings (SSSR count). The van der Waals surface area contributed by atoms with E-state index in [-0.39, 0.29) is 11.8 Å². The molecule has 0 radical (unpaired) electrons. The van der Waals surface area contributed by atoms with E-state index in [1.54, 1.807) is 0 Å². The standard InChI is InChI=1S/C41H50N8O3/c1-29-36(44-30(2)38(29)41(52)42-18-21-48-19-4-5-20-48)17-16-32-8-6-11-37(39(32)43-28-50)45-34-9-7-10-35(26-34)46-40(51)33-14-12-31(13-15-33)27-49-24-22-47(3)23-25-49/h6-17,26,28,44-45H,4-5,18-25,27H2,1-3H3,(H,42,52)(H,43,50)(H,46,51)/b17-16+. The number of carbonyl (C=O) groups is 3. The van der Waals surface area contributed by atoms with Gasteiger partial charge in [0, 0.05) is 79.7 Å². The number of likely N-dealkylation sites (tertiary alicyclic amines) is 1. The Morgan fingerprint density at radius 2 is 1.56 bits per heavy atom. The number of hydrogen-bond donors (Lipinski definition) is 5. The maximum atomic E-state index is 13.1. The predicted octanol–water partition coefficient (Wildman–Crippen LogP) is 5.94. The molecular formula is C41H50N8O3. The molecule has 1 aromatic heterocycles. The maximum absolute atomic E-state index is 13.1. The van der Waals surface area contributed by atoms with Gasteiger partial charge in [-0.2, -0.15) is 0 Å². The van der Waals surface area contributed by atoms with Crippen molar-refractivity contribution in [2.24, 2.45) is 0 Å². The van der Waals surface area contributed by atoms with Gasteiger partial charge < -0.3 is 36.1 Å². The van der Waals surface area contributed by atoms with E-state index in [0.29, 0.717) is 41.1 Å². The van der Waals surface area contributed by atoms with Crippen molar-refractivity contribution in [2.45, 2.75) is 33.2 Å². The molecule has 0 aliphatic carbocycles. The highest BCUT2D eigenvalue weighted by molar-refractivity contribution is 6.04. The van der Waals surface area contributed by atoms with Crippen LogP contribution in [0.2, 0.25) is 0 Å². The zero-order valence-electron chi connectivity index (χ0n) is 30.4. The number of benzene rings is 3. The first-order valence-corrected chi connectivity index (χ1v) is 18.2. The summed E-state index contributed by atoms with van der Waals surface area (Å²) in [5.41, 5.74) is 8.40. The minimum absolute atomic E-state index is 0.0763. The lowest BCUT2D eigenvalue weighted by atomic mass is 10.1. The van der Waals surface area contributed by atoms with Gasteiger partial charge in [-0.05, 0) is 100 Å². The average Bonchev–Trinajstić information content (AvgIpc) is 3.76. The molecule has 2 aliphatic heterocycles. The Morgan fingerprint density at radius 1 is 0.827 bits per heavy atom. The lowest BCUT2D eigenvalue weighted by Crippen LogP contribution is -2.43. The van der Waals surface area contributed by atoms with E-state index >= 15 is 0 Å². The van der Waals surface area contributed by atoms with Crippen LogP contribution in [0.25, 0.3) is 12.2 Å². The molecule has 2 aliphatic rings. The van der Waals surface area contributed by atoms with E-state index in [9.17, 15) is 14.4 Å². The summed E-state index contributed by atoms with van der Waals surface area (Å²) in [6.07, 6.45) is 6.94. The zero-order chi connectivity index (χ0) is 36.5. The molecule has 2 saturated heterocycles. The highest BCUT2D eigenvalue weighted by atomic mass is 16.2. The van der Waals surface area contributed by atoms with Crippen LogP contribution in [0.15, 0.2) is 66.7 Å². The molecule has 3 aromatic carbocycles. The molecule has 4 aromatic rings.